The van der Waals surface area contributed by atoms with Crippen molar-refractivity contribution in [3.05, 3.63) is 187 Å². The first-order valence-corrected chi connectivity index (χ1v) is 17.8. The molecule has 1 heteroatoms. The van der Waals surface area contributed by atoms with E-state index in [1.165, 1.54) is 84.8 Å². The molecule has 1 heterocycles. The Kier molecular flexibility index (Phi) is 9.49. The van der Waals surface area contributed by atoms with E-state index in [1.807, 2.05) is 26.0 Å². The molecule has 50 heavy (non-hydrogen) atoms. The molecule has 2 aliphatic rings. The first-order chi connectivity index (χ1) is 24.5. The second kappa shape index (κ2) is 14.4. The van der Waals surface area contributed by atoms with Gasteiger partial charge in [-0.05, 0) is 114 Å². The summed E-state index contributed by atoms with van der Waals surface area (Å²) in [6, 6.07) is 51.1. The molecule has 246 valence electrons. The fraction of sp³-hybridized carbons (Fsp3) is 0.143. The largest absolute Gasteiger partial charge is 0.309 e. The van der Waals surface area contributed by atoms with Crippen LogP contribution in [0.25, 0.3) is 60.9 Å². The summed E-state index contributed by atoms with van der Waals surface area (Å²) in [5, 5.41) is 2.55. The normalized spacial score (nSPS) is 13.8. The van der Waals surface area contributed by atoms with Gasteiger partial charge in [-0.1, -0.05) is 147 Å². The quantitative estimate of drug-likeness (QED) is 0.168. The predicted molar refractivity (Wildman–Crippen MR) is 217 cm³/mol. The molecule has 0 unspecified atom stereocenters. The molecule has 2 aliphatic carbocycles. The van der Waals surface area contributed by atoms with Crippen LogP contribution in [-0.2, 0) is 5.41 Å². The van der Waals surface area contributed by atoms with E-state index in [4.69, 9.17) is 0 Å². The lowest BCUT2D eigenvalue weighted by molar-refractivity contribution is 0.660. The smallest absolute Gasteiger partial charge is 0.0541 e. The topological polar surface area (TPSA) is 4.93 Å². The predicted octanol–water partition coefficient (Wildman–Crippen LogP) is 13.9. The second-order valence-electron chi connectivity index (χ2n) is 13.5. The first-order valence-electron chi connectivity index (χ1n) is 17.8. The average Bonchev–Trinajstić information content (AvgIpc) is 3.64. The Hall–Kier alpha value is -5.66. The third-order valence-corrected chi connectivity index (χ3v) is 10.0. The number of para-hydroxylation sites is 2. The first kappa shape index (κ1) is 32.9. The van der Waals surface area contributed by atoms with E-state index in [-0.39, 0.29) is 5.41 Å². The molecule has 0 fully saturated rings. The zero-order chi connectivity index (χ0) is 34.5. The molecule has 0 bridgehead atoms. The highest BCUT2D eigenvalue weighted by Crippen LogP contribution is 2.49. The summed E-state index contributed by atoms with van der Waals surface area (Å²) in [6.07, 6.45) is 15.0. The van der Waals surface area contributed by atoms with Crippen LogP contribution in [0, 0.1) is 0 Å². The summed E-state index contributed by atoms with van der Waals surface area (Å²) < 4.78 is 2.37. The van der Waals surface area contributed by atoms with Crippen LogP contribution in [-0.4, -0.2) is 4.57 Å². The number of aromatic nitrogens is 1. The number of benzene rings is 6. The van der Waals surface area contributed by atoms with Gasteiger partial charge < -0.3 is 4.57 Å². The van der Waals surface area contributed by atoms with Crippen molar-refractivity contribution >= 4 is 21.8 Å². The van der Waals surface area contributed by atoms with Gasteiger partial charge in [-0.15, -0.1) is 0 Å². The van der Waals surface area contributed by atoms with E-state index >= 15 is 0 Å². The summed E-state index contributed by atoms with van der Waals surface area (Å²) in [5.74, 6) is 0. The van der Waals surface area contributed by atoms with Gasteiger partial charge in [0.1, 0.15) is 0 Å². The van der Waals surface area contributed by atoms with Crippen molar-refractivity contribution in [2.24, 2.45) is 0 Å². The number of rotatable bonds is 3. The third-order valence-electron chi connectivity index (χ3n) is 10.0. The molecule has 1 nitrogen and oxygen atoms in total. The van der Waals surface area contributed by atoms with Gasteiger partial charge in [0.05, 0.1) is 11.0 Å². The van der Waals surface area contributed by atoms with Crippen molar-refractivity contribution < 1.29 is 0 Å². The molecule has 0 aliphatic heterocycles. The van der Waals surface area contributed by atoms with Gasteiger partial charge in [0.15, 0.2) is 0 Å². The Labute approximate surface area is 297 Å². The van der Waals surface area contributed by atoms with E-state index in [2.05, 4.69) is 182 Å². The van der Waals surface area contributed by atoms with Crippen LogP contribution >= 0.6 is 0 Å². The van der Waals surface area contributed by atoms with Crippen molar-refractivity contribution in [1.82, 2.24) is 4.57 Å². The van der Waals surface area contributed by atoms with Crippen molar-refractivity contribution in [3.8, 4) is 39.1 Å². The molecule has 1 aromatic heterocycles. The molecule has 0 amide bonds. The van der Waals surface area contributed by atoms with Crippen LogP contribution in [0.1, 0.15) is 51.7 Å². The van der Waals surface area contributed by atoms with Crippen LogP contribution in [0.4, 0.5) is 0 Å². The average molecular weight is 648 g/mol. The van der Waals surface area contributed by atoms with Crippen molar-refractivity contribution in [1.29, 1.82) is 0 Å². The van der Waals surface area contributed by atoms with Gasteiger partial charge in [0.2, 0.25) is 0 Å². The number of allylic oxidation sites excluding steroid dienone is 6. The minimum absolute atomic E-state index is 0.00243. The van der Waals surface area contributed by atoms with Crippen LogP contribution in [0.5, 0.6) is 0 Å². The minimum Gasteiger partial charge on any atom is -0.309 e. The summed E-state index contributed by atoms with van der Waals surface area (Å²) in [7, 11) is 0. The van der Waals surface area contributed by atoms with E-state index in [9.17, 15) is 0 Å². The monoisotopic (exact) mass is 647 g/mol. The Morgan fingerprint density at radius 1 is 0.480 bits per heavy atom. The summed E-state index contributed by atoms with van der Waals surface area (Å²) in [6.45, 7) is 8.69. The molecular weight excluding hydrogens is 603 g/mol. The molecule has 0 spiro atoms. The second-order valence-corrected chi connectivity index (χ2v) is 13.5. The van der Waals surface area contributed by atoms with E-state index in [0.29, 0.717) is 0 Å². The molecule has 7 aromatic rings. The fourth-order valence-electron chi connectivity index (χ4n) is 7.31. The molecule has 0 atom stereocenters. The molecule has 0 radical (unpaired) electrons. The number of nitrogens with zero attached hydrogens (tertiary/aromatic N) is 1. The Balaban J connectivity index is 0.000000343. The van der Waals surface area contributed by atoms with Crippen LogP contribution < -0.4 is 0 Å². The van der Waals surface area contributed by atoms with Gasteiger partial charge in [-0.25, -0.2) is 0 Å². The van der Waals surface area contributed by atoms with E-state index in [1.54, 1.807) is 0 Å². The Bertz CT molecular complexity index is 2340. The van der Waals surface area contributed by atoms with E-state index < -0.39 is 0 Å². The van der Waals surface area contributed by atoms with Crippen LogP contribution in [0.3, 0.4) is 0 Å². The number of hydrogen-bond acceptors (Lipinski definition) is 0. The third kappa shape index (κ3) is 6.28. The zero-order valence-electron chi connectivity index (χ0n) is 29.6. The number of fused-ring (bicyclic) bond motifs is 6. The van der Waals surface area contributed by atoms with Crippen LogP contribution in [0.2, 0.25) is 0 Å². The van der Waals surface area contributed by atoms with E-state index in [0.717, 1.165) is 0 Å². The maximum Gasteiger partial charge on any atom is 0.0541 e. The standard InChI is InChI=1S/C39H29N.C6H8.C4H8/c1-39(2)35-17-8-6-15-31(35)32-21-19-29(25-36(32)39)27-12-10-11-26(23-27)28-20-22-38-34(24-28)33-16-7-9-18-37(33)40(38)30-13-4-3-5-14-30;1-2-4-6-5-3-1;1-3-4-2/h3-25H,1-2H3;1-4H,5-6H2;3-4H,1-2H3/b;;4-3-. The molecule has 0 saturated heterocycles. The van der Waals surface area contributed by atoms with Gasteiger partial charge in [-0.3, -0.25) is 0 Å². The number of hydrogen-bond donors (Lipinski definition) is 0. The summed E-state index contributed by atoms with van der Waals surface area (Å²) in [4.78, 5) is 0. The Morgan fingerprint density at radius 3 is 1.76 bits per heavy atom. The van der Waals surface area contributed by atoms with Crippen molar-refractivity contribution in [2.45, 2.75) is 46.0 Å². The maximum absolute atomic E-state index is 2.41. The molecule has 0 saturated carbocycles. The van der Waals surface area contributed by atoms with Crippen LogP contribution in [0.15, 0.2) is 176 Å². The molecule has 9 rings (SSSR count). The highest BCUT2D eigenvalue weighted by molar-refractivity contribution is 6.10. The lowest BCUT2D eigenvalue weighted by Gasteiger charge is -2.22. The van der Waals surface area contributed by atoms with Gasteiger partial charge >= 0.3 is 0 Å². The maximum atomic E-state index is 2.41. The zero-order valence-corrected chi connectivity index (χ0v) is 29.6. The Morgan fingerprint density at radius 2 is 1.06 bits per heavy atom. The highest BCUT2D eigenvalue weighted by Gasteiger charge is 2.35. The van der Waals surface area contributed by atoms with Gasteiger partial charge in [0, 0.05) is 21.9 Å². The molecular formula is C49H45N. The molecule has 6 aromatic carbocycles. The van der Waals surface area contributed by atoms with Gasteiger partial charge in [0.25, 0.3) is 0 Å². The van der Waals surface area contributed by atoms with Crippen molar-refractivity contribution in [2.75, 3.05) is 0 Å². The lowest BCUT2D eigenvalue weighted by atomic mass is 9.81. The minimum atomic E-state index is -0.00243. The lowest BCUT2D eigenvalue weighted by Crippen LogP contribution is -2.14. The van der Waals surface area contributed by atoms with Gasteiger partial charge in [-0.2, -0.15) is 0 Å². The SMILES string of the molecule is C/C=C\C.C1=CCCC=C1.CC1(C)c2ccccc2-c2ccc(-c3cccc(-c4ccc5c(c4)c4ccccc4n5-c4ccccc4)c3)cc21. The highest BCUT2D eigenvalue weighted by atomic mass is 15.0. The van der Waals surface area contributed by atoms with Crippen molar-refractivity contribution in [3.63, 3.8) is 0 Å². The molecule has 0 N–H and O–H groups in total. The summed E-state index contributed by atoms with van der Waals surface area (Å²) >= 11 is 0. The summed E-state index contributed by atoms with van der Waals surface area (Å²) in [5.41, 5.74) is 14.2. The fourth-order valence-corrected chi connectivity index (χ4v) is 7.31.